The molecule has 0 atom stereocenters. The zero-order chi connectivity index (χ0) is 12.7. The Morgan fingerprint density at radius 2 is 2.06 bits per heavy atom. The number of aromatic nitrogens is 3. The third-order valence-electron chi connectivity index (χ3n) is 1.92. The van der Waals surface area contributed by atoms with Gasteiger partial charge in [0, 0.05) is 11.8 Å². The van der Waals surface area contributed by atoms with Gasteiger partial charge in [0.2, 0.25) is 0 Å². The van der Waals surface area contributed by atoms with Crippen molar-refractivity contribution in [1.29, 1.82) is 0 Å². The van der Waals surface area contributed by atoms with Crippen LogP contribution in [0.15, 0.2) is 24.4 Å². The number of halogens is 1. The van der Waals surface area contributed by atoms with E-state index in [0.29, 0.717) is 11.6 Å². The van der Waals surface area contributed by atoms with Crippen LogP contribution in [-0.4, -0.2) is 15.2 Å². The third-order valence-corrected chi connectivity index (χ3v) is 1.92. The van der Waals surface area contributed by atoms with E-state index in [2.05, 4.69) is 22.1 Å². The molecule has 6 heteroatoms. The van der Waals surface area contributed by atoms with Crippen molar-refractivity contribution in [1.82, 2.24) is 15.2 Å². The fraction of sp³-hybridized carbons (Fsp3) is 0.273. The van der Waals surface area contributed by atoms with Crippen LogP contribution in [0.4, 0.5) is 16.0 Å². The summed E-state index contributed by atoms with van der Waals surface area (Å²) in [5.74, 6) is 0.559. The average Bonchev–Trinajstić information content (AvgIpc) is 2.70. The number of nitrogens with one attached hydrogen (secondary N) is 1. The molecule has 0 amide bonds. The van der Waals surface area contributed by atoms with Gasteiger partial charge in [0.25, 0.3) is 0 Å². The summed E-state index contributed by atoms with van der Waals surface area (Å²) in [7, 11) is 0. The maximum atomic E-state index is 12.0. The Bertz CT molecular complexity index is 416. The molecule has 0 aromatic carbocycles. The van der Waals surface area contributed by atoms with Crippen LogP contribution in [0, 0.1) is 5.82 Å². The first-order valence-corrected chi connectivity index (χ1v) is 5.28. The molecule has 0 saturated carbocycles. The monoisotopic (exact) mass is 237 g/mol. The van der Waals surface area contributed by atoms with Crippen LogP contribution in [0.3, 0.4) is 0 Å². The fourth-order valence-electron chi connectivity index (χ4n) is 1.16. The number of aromatic amines is 1. The zero-order valence-electron chi connectivity index (χ0n) is 9.65. The summed E-state index contributed by atoms with van der Waals surface area (Å²) in [6.07, 6.45) is 3.24. The van der Waals surface area contributed by atoms with Crippen LogP contribution >= 0.6 is 0 Å². The van der Waals surface area contributed by atoms with Gasteiger partial charge < -0.3 is 11.5 Å². The van der Waals surface area contributed by atoms with E-state index in [0.717, 1.165) is 24.7 Å². The van der Waals surface area contributed by atoms with Crippen LogP contribution < -0.4 is 11.5 Å². The molecule has 0 aliphatic heterocycles. The van der Waals surface area contributed by atoms with Gasteiger partial charge in [-0.2, -0.15) is 5.10 Å². The number of anilines is 2. The number of H-pyrrole nitrogens is 1. The van der Waals surface area contributed by atoms with Crippen molar-refractivity contribution in [2.75, 3.05) is 11.5 Å². The van der Waals surface area contributed by atoms with Gasteiger partial charge in [-0.1, -0.05) is 13.3 Å². The van der Waals surface area contributed by atoms with Gasteiger partial charge in [-0.15, -0.1) is 0 Å². The Labute approximate surface area is 99.1 Å². The lowest BCUT2D eigenvalue weighted by atomic mass is 10.2. The van der Waals surface area contributed by atoms with Gasteiger partial charge in [-0.05, 0) is 18.6 Å². The van der Waals surface area contributed by atoms with Gasteiger partial charge in [0.05, 0.1) is 6.20 Å². The van der Waals surface area contributed by atoms with E-state index in [-0.39, 0.29) is 5.82 Å². The van der Waals surface area contributed by atoms with Crippen LogP contribution in [0.1, 0.15) is 19.0 Å². The predicted octanol–water partition coefficient (Wildman–Crippen LogP) is 1.75. The van der Waals surface area contributed by atoms with Crippen molar-refractivity contribution >= 4 is 11.6 Å². The molecule has 0 radical (unpaired) electrons. The SMILES string of the molecule is CCCc1cc(N)n[nH]1.Nc1ccc(F)cn1. The van der Waals surface area contributed by atoms with Crippen molar-refractivity contribution in [2.24, 2.45) is 0 Å². The van der Waals surface area contributed by atoms with E-state index < -0.39 is 0 Å². The Hall–Kier alpha value is -2.11. The molecule has 2 aromatic rings. The maximum absolute atomic E-state index is 12.0. The first kappa shape index (κ1) is 13.0. The molecule has 0 unspecified atom stereocenters. The predicted molar refractivity (Wildman–Crippen MR) is 65.6 cm³/mol. The minimum Gasteiger partial charge on any atom is -0.384 e. The molecular formula is C11H16FN5. The van der Waals surface area contributed by atoms with Gasteiger partial charge in [-0.25, -0.2) is 9.37 Å². The molecule has 0 aliphatic carbocycles. The van der Waals surface area contributed by atoms with Crippen LogP contribution in [-0.2, 0) is 6.42 Å². The number of nitrogens with two attached hydrogens (primary N) is 2. The first-order chi connectivity index (χ1) is 8.11. The standard InChI is InChI=1S/C6H11N3.C5H5FN2/c1-2-3-5-4-6(7)9-8-5;6-4-1-2-5(7)8-3-4/h4H,2-3H2,1H3,(H3,7,8,9);1-3H,(H2,7,8). The molecule has 2 rings (SSSR count). The second-order valence-electron chi connectivity index (χ2n) is 3.47. The summed E-state index contributed by atoms with van der Waals surface area (Å²) in [5, 5.41) is 6.62. The normalized spacial score (nSPS) is 9.53. The summed E-state index contributed by atoms with van der Waals surface area (Å²) >= 11 is 0. The minimum absolute atomic E-state index is 0.339. The fourth-order valence-corrected chi connectivity index (χ4v) is 1.16. The summed E-state index contributed by atoms with van der Waals surface area (Å²) in [6, 6.07) is 4.54. The molecule has 0 fully saturated rings. The highest BCUT2D eigenvalue weighted by Gasteiger charge is 1.93. The molecule has 2 aromatic heterocycles. The molecule has 0 spiro atoms. The molecular weight excluding hydrogens is 221 g/mol. The molecule has 5 N–H and O–H groups in total. The van der Waals surface area contributed by atoms with E-state index in [1.165, 1.54) is 12.1 Å². The molecule has 92 valence electrons. The Kier molecular flexibility index (Phi) is 4.93. The highest BCUT2D eigenvalue weighted by molar-refractivity contribution is 5.28. The number of hydrogen-bond donors (Lipinski definition) is 3. The largest absolute Gasteiger partial charge is 0.384 e. The van der Waals surface area contributed by atoms with E-state index in [9.17, 15) is 4.39 Å². The smallest absolute Gasteiger partial charge is 0.145 e. The first-order valence-electron chi connectivity index (χ1n) is 5.28. The summed E-state index contributed by atoms with van der Waals surface area (Å²) < 4.78 is 12.0. The Morgan fingerprint density at radius 1 is 1.29 bits per heavy atom. The molecule has 5 nitrogen and oxygen atoms in total. The summed E-state index contributed by atoms with van der Waals surface area (Å²) in [4.78, 5) is 3.48. The molecule has 0 aliphatic rings. The molecule has 2 heterocycles. The number of aryl methyl sites for hydroxylation is 1. The van der Waals surface area contributed by atoms with E-state index in [1.54, 1.807) is 0 Å². The Balaban J connectivity index is 0.000000171. The van der Waals surface area contributed by atoms with Gasteiger partial charge >= 0.3 is 0 Å². The van der Waals surface area contributed by atoms with Gasteiger partial charge in [0.15, 0.2) is 0 Å². The number of nitrogen functional groups attached to an aromatic ring is 2. The van der Waals surface area contributed by atoms with Crippen LogP contribution in [0.25, 0.3) is 0 Å². The van der Waals surface area contributed by atoms with Gasteiger partial charge in [0.1, 0.15) is 17.5 Å². The second-order valence-corrected chi connectivity index (χ2v) is 3.47. The third kappa shape index (κ3) is 4.96. The van der Waals surface area contributed by atoms with Crippen molar-refractivity contribution in [3.05, 3.63) is 35.9 Å². The molecule has 0 bridgehead atoms. The van der Waals surface area contributed by atoms with Crippen molar-refractivity contribution < 1.29 is 4.39 Å². The van der Waals surface area contributed by atoms with E-state index in [1.807, 2.05) is 6.07 Å². The highest BCUT2D eigenvalue weighted by atomic mass is 19.1. The second kappa shape index (κ2) is 6.47. The van der Waals surface area contributed by atoms with E-state index in [4.69, 9.17) is 11.5 Å². The topological polar surface area (TPSA) is 93.6 Å². The van der Waals surface area contributed by atoms with Crippen LogP contribution in [0.5, 0.6) is 0 Å². The quantitative estimate of drug-likeness (QED) is 0.741. The minimum atomic E-state index is -0.362. The van der Waals surface area contributed by atoms with E-state index >= 15 is 0 Å². The highest BCUT2D eigenvalue weighted by Crippen LogP contribution is 2.01. The number of nitrogens with zero attached hydrogens (tertiary/aromatic N) is 2. The lowest BCUT2D eigenvalue weighted by molar-refractivity contribution is 0.622. The summed E-state index contributed by atoms with van der Waals surface area (Å²) in [6.45, 7) is 2.12. The van der Waals surface area contributed by atoms with Crippen LogP contribution in [0.2, 0.25) is 0 Å². The zero-order valence-corrected chi connectivity index (χ0v) is 9.65. The van der Waals surface area contributed by atoms with Gasteiger partial charge in [-0.3, -0.25) is 5.10 Å². The van der Waals surface area contributed by atoms with Crippen molar-refractivity contribution in [3.63, 3.8) is 0 Å². The lowest BCUT2D eigenvalue weighted by Gasteiger charge is -1.86. The Morgan fingerprint density at radius 3 is 2.47 bits per heavy atom. The molecule has 17 heavy (non-hydrogen) atoms. The maximum Gasteiger partial charge on any atom is 0.145 e. The molecule has 0 saturated heterocycles. The number of pyridine rings is 1. The van der Waals surface area contributed by atoms with Crippen molar-refractivity contribution in [3.8, 4) is 0 Å². The average molecular weight is 237 g/mol. The number of rotatable bonds is 2. The summed E-state index contributed by atoms with van der Waals surface area (Å²) in [5.41, 5.74) is 11.6. The number of hydrogen-bond acceptors (Lipinski definition) is 4. The lowest BCUT2D eigenvalue weighted by Crippen LogP contribution is -1.87. The van der Waals surface area contributed by atoms with Crippen molar-refractivity contribution in [2.45, 2.75) is 19.8 Å².